The van der Waals surface area contributed by atoms with Gasteiger partial charge in [0.05, 0.1) is 17.3 Å². The van der Waals surface area contributed by atoms with Crippen LogP contribution in [0.2, 0.25) is 0 Å². The molecule has 3 amide bonds. The van der Waals surface area contributed by atoms with Gasteiger partial charge in [-0.15, -0.1) is 0 Å². The maximum Gasteiger partial charge on any atom is 0.328 e. The molecule has 0 fully saturated rings. The number of aryl methyl sites for hydroxylation is 1. The molecule has 37 heavy (non-hydrogen) atoms. The average Bonchev–Trinajstić information content (AvgIpc) is 3.22. The summed E-state index contributed by atoms with van der Waals surface area (Å²) >= 11 is 1.22. The number of benzene rings is 3. The molecule has 0 radical (unpaired) electrons. The molecule has 1 aromatic heterocycles. The van der Waals surface area contributed by atoms with Crippen LogP contribution in [0.5, 0.6) is 0 Å². The Bertz CT molecular complexity index is 1530. The van der Waals surface area contributed by atoms with Gasteiger partial charge in [-0.3, -0.25) is 4.79 Å². The van der Waals surface area contributed by atoms with Crippen molar-refractivity contribution < 1.29 is 23.5 Å². The van der Waals surface area contributed by atoms with E-state index >= 15 is 0 Å². The molecule has 0 aliphatic carbocycles. The molecule has 3 aromatic carbocycles. The Balaban J connectivity index is 1.72. The zero-order chi connectivity index (χ0) is 26.5. The molecule has 8 nitrogen and oxygen atoms in total. The highest BCUT2D eigenvalue weighted by molar-refractivity contribution is 7.16. The third kappa shape index (κ3) is 5.92. The van der Waals surface area contributed by atoms with Gasteiger partial charge in [0, 0.05) is 16.9 Å². The lowest BCUT2D eigenvalue weighted by Crippen LogP contribution is -2.28. The fraction of sp³-hybridized carbons (Fsp3) is 0.185. The number of aromatic nitrogens is 1. The molecule has 1 unspecified atom stereocenters. The molecule has 0 spiro atoms. The highest BCUT2D eigenvalue weighted by Crippen LogP contribution is 2.26. The maximum absolute atomic E-state index is 13.1. The van der Waals surface area contributed by atoms with Crippen molar-refractivity contribution in [1.82, 2.24) is 4.57 Å². The van der Waals surface area contributed by atoms with Crippen molar-refractivity contribution in [3.05, 3.63) is 88.5 Å². The largest absolute Gasteiger partial charge is 0.467 e. The molecule has 4 rings (SSSR count). The van der Waals surface area contributed by atoms with E-state index in [0.717, 1.165) is 5.56 Å². The molecule has 0 saturated carbocycles. The van der Waals surface area contributed by atoms with Crippen LogP contribution in [0.4, 0.5) is 20.6 Å². The first-order valence-electron chi connectivity index (χ1n) is 11.5. The van der Waals surface area contributed by atoms with Gasteiger partial charge in [-0.05, 0) is 67.9 Å². The number of carbonyl (C=O) groups is 3. The first-order chi connectivity index (χ1) is 17.8. The Morgan fingerprint density at radius 2 is 1.65 bits per heavy atom. The topological polar surface area (TPSA) is 102 Å². The van der Waals surface area contributed by atoms with Crippen LogP contribution >= 0.6 is 11.3 Å². The fourth-order valence-corrected chi connectivity index (χ4v) is 4.87. The molecule has 0 saturated heterocycles. The third-order valence-electron chi connectivity index (χ3n) is 5.65. The van der Waals surface area contributed by atoms with Crippen LogP contribution in [0.15, 0.2) is 71.7 Å². The summed E-state index contributed by atoms with van der Waals surface area (Å²) in [4.78, 5) is 42.6. The number of methoxy groups -OCH3 is 1. The van der Waals surface area contributed by atoms with Crippen LogP contribution in [-0.2, 0) is 9.53 Å². The van der Waals surface area contributed by atoms with Crippen molar-refractivity contribution >= 4 is 50.8 Å². The van der Waals surface area contributed by atoms with E-state index in [1.807, 2.05) is 26.0 Å². The number of halogens is 1. The van der Waals surface area contributed by atoms with E-state index in [2.05, 4.69) is 15.6 Å². The van der Waals surface area contributed by atoms with Crippen LogP contribution in [-0.4, -0.2) is 29.6 Å². The number of nitrogens with one attached hydrogen (secondary N) is 2. The summed E-state index contributed by atoms with van der Waals surface area (Å²) in [5.41, 5.74) is 3.05. The Kier molecular flexibility index (Phi) is 7.78. The Morgan fingerprint density at radius 3 is 2.30 bits per heavy atom. The first-order valence-corrected chi connectivity index (χ1v) is 12.3. The summed E-state index contributed by atoms with van der Waals surface area (Å²) in [5.74, 6) is -1.29. The number of esters is 1. The van der Waals surface area contributed by atoms with Crippen molar-refractivity contribution in [2.45, 2.75) is 26.3 Å². The molecule has 0 bridgehead atoms. The first kappa shape index (κ1) is 25.8. The van der Waals surface area contributed by atoms with Crippen molar-refractivity contribution in [2.24, 2.45) is 4.99 Å². The summed E-state index contributed by atoms with van der Waals surface area (Å²) in [6.45, 7) is 3.78. The van der Waals surface area contributed by atoms with E-state index < -0.39 is 29.8 Å². The van der Waals surface area contributed by atoms with Crippen LogP contribution < -0.4 is 15.4 Å². The van der Waals surface area contributed by atoms with Gasteiger partial charge in [-0.25, -0.2) is 14.0 Å². The number of ether oxygens (including phenoxy) is 1. The Hall–Kier alpha value is -4.31. The molecule has 2 N–H and O–H groups in total. The number of rotatable bonds is 6. The summed E-state index contributed by atoms with van der Waals surface area (Å²) in [6, 6.07) is 16.5. The van der Waals surface area contributed by atoms with Gasteiger partial charge < -0.3 is 19.9 Å². The van der Waals surface area contributed by atoms with Crippen molar-refractivity contribution in [1.29, 1.82) is 0 Å². The van der Waals surface area contributed by atoms with Crippen LogP contribution in [0.1, 0.15) is 35.3 Å². The van der Waals surface area contributed by atoms with E-state index in [4.69, 9.17) is 4.74 Å². The number of hydrogen-bond acceptors (Lipinski definition) is 5. The molecule has 1 heterocycles. The van der Waals surface area contributed by atoms with Crippen LogP contribution in [0.25, 0.3) is 10.2 Å². The summed E-state index contributed by atoms with van der Waals surface area (Å²) in [6.07, 6.45) is 0.421. The molecular weight excluding hydrogens is 495 g/mol. The fourth-order valence-electron chi connectivity index (χ4n) is 3.77. The summed E-state index contributed by atoms with van der Waals surface area (Å²) in [7, 11) is 1.32. The summed E-state index contributed by atoms with van der Waals surface area (Å²) < 4.78 is 20.5. The number of urea groups is 1. The SMILES string of the molecule is CCC(C(=O)OC)n1c(=NC(=O)c2ccc(C)cc2)sc2cc(NC(=O)Nc3ccc(F)cc3)ccc21. The van der Waals surface area contributed by atoms with Gasteiger partial charge in [0.2, 0.25) is 0 Å². The highest BCUT2D eigenvalue weighted by Gasteiger charge is 2.24. The molecular formula is C27H25FN4O4S. The monoisotopic (exact) mass is 520 g/mol. The van der Waals surface area contributed by atoms with Gasteiger partial charge in [0.15, 0.2) is 4.80 Å². The lowest BCUT2D eigenvalue weighted by Gasteiger charge is -2.16. The molecule has 0 aliphatic heterocycles. The van der Waals surface area contributed by atoms with E-state index in [0.29, 0.717) is 38.4 Å². The zero-order valence-corrected chi connectivity index (χ0v) is 21.3. The van der Waals surface area contributed by atoms with Crippen LogP contribution in [0.3, 0.4) is 0 Å². The molecule has 4 aromatic rings. The summed E-state index contributed by atoms with van der Waals surface area (Å²) in [5, 5.41) is 5.38. The number of carbonyl (C=O) groups excluding carboxylic acids is 3. The van der Waals surface area contributed by atoms with Gasteiger partial charge in [0.25, 0.3) is 5.91 Å². The number of amides is 3. The van der Waals surface area contributed by atoms with E-state index in [1.165, 1.54) is 42.7 Å². The number of nitrogens with zero attached hydrogens (tertiary/aromatic N) is 2. The minimum Gasteiger partial charge on any atom is -0.467 e. The highest BCUT2D eigenvalue weighted by atomic mass is 32.1. The molecule has 190 valence electrons. The minimum absolute atomic E-state index is 0.339. The lowest BCUT2D eigenvalue weighted by molar-refractivity contribution is -0.144. The van der Waals surface area contributed by atoms with Gasteiger partial charge in [-0.1, -0.05) is 36.0 Å². The number of hydrogen-bond donors (Lipinski definition) is 2. The van der Waals surface area contributed by atoms with E-state index in [1.54, 1.807) is 34.9 Å². The number of thiazole rings is 1. The molecule has 0 aliphatic rings. The quantitative estimate of drug-likeness (QED) is 0.320. The smallest absolute Gasteiger partial charge is 0.328 e. The van der Waals surface area contributed by atoms with E-state index in [-0.39, 0.29) is 0 Å². The van der Waals surface area contributed by atoms with Crippen molar-refractivity contribution in [2.75, 3.05) is 17.7 Å². The lowest BCUT2D eigenvalue weighted by atomic mass is 10.1. The molecule has 10 heteroatoms. The molecule has 1 atom stereocenters. The van der Waals surface area contributed by atoms with Gasteiger partial charge >= 0.3 is 12.0 Å². The normalized spacial score (nSPS) is 12.3. The predicted octanol–water partition coefficient (Wildman–Crippen LogP) is 5.66. The second-order valence-corrected chi connectivity index (χ2v) is 9.26. The Labute approximate surface area is 216 Å². The number of fused-ring (bicyclic) bond motifs is 1. The van der Waals surface area contributed by atoms with Crippen molar-refractivity contribution in [3.8, 4) is 0 Å². The maximum atomic E-state index is 13.1. The van der Waals surface area contributed by atoms with Crippen LogP contribution in [0, 0.1) is 12.7 Å². The average molecular weight is 521 g/mol. The van der Waals surface area contributed by atoms with E-state index in [9.17, 15) is 18.8 Å². The standard InChI is InChI=1S/C27H25FN4O4S/c1-4-21(25(34)36-3)32-22-14-13-20(30-26(35)29-19-11-9-18(28)10-12-19)15-23(22)37-27(32)31-24(33)17-7-5-16(2)6-8-17/h5-15,21H,4H2,1-3H3,(H2,29,30,35). The van der Waals surface area contributed by atoms with Crippen molar-refractivity contribution in [3.63, 3.8) is 0 Å². The zero-order valence-electron chi connectivity index (χ0n) is 20.4. The third-order valence-corrected chi connectivity index (χ3v) is 6.67. The van der Waals surface area contributed by atoms with Gasteiger partial charge in [-0.2, -0.15) is 4.99 Å². The minimum atomic E-state index is -0.691. The Morgan fingerprint density at radius 1 is 1.00 bits per heavy atom. The van der Waals surface area contributed by atoms with Gasteiger partial charge in [0.1, 0.15) is 11.9 Å². The predicted molar refractivity (Wildman–Crippen MR) is 141 cm³/mol. The number of anilines is 2. The second-order valence-electron chi connectivity index (χ2n) is 8.25. The second kappa shape index (κ2) is 11.2.